The summed E-state index contributed by atoms with van der Waals surface area (Å²) in [5, 5.41) is 11.6. The maximum Gasteiger partial charge on any atom is 0.224 e. The van der Waals surface area contributed by atoms with Crippen LogP contribution in [0.15, 0.2) is 22.7 Å². The van der Waals surface area contributed by atoms with Crippen LogP contribution in [-0.4, -0.2) is 23.7 Å². The van der Waals surface area contributed by atoms with Gasteiger partial charge in [0.1, 0.15) is 0 Å². The fraction of sp³-hybridized carbons (Fsp3) is 0.462. The molecule has 1 unspecified atom stereocenters. The first-order chi connectivity index (χ1) is 8.02. The first kappa shape index (κ1) is 14.2. The summed E-state index contributed by atoms with van der Waals surface area (Å²) in [6.45, 7) is 3.98. The molecular formula is C13H18BrNO2. The predicted octanol–water partition coefficient (Wildman–Crippen LogP) is 2.19. The highest BCUT2D eigenvalue weighted by molar-refractivity contribution is 9.10. The van der Waals surface area contributed by atoms with E-state index in [0.29, 0.717) is 12.8 Å². The van der Waals surface area contributed by atoms with Gasteiger partial charge in [-0.1, -0.05) is 22.0 Å². The topological polar surface area (TPSA) is 49.3 Å². The van der Waals surface area contributed by atoms with Crippen LogP contribution in [0, 0.1) is 6.92 Å². The van der Waals surface area contributed by atoms with Crippen LogP contribution in [0.3, 0.4) is 0 Å². The minimum absolute atomic E-state index is 0.00336. The van der Waals surface area contributed by atoms with Crippen molar-refractivity contribution in [2.24, 2.45) is 0 Å². The van der Waals surface area contributed by atoms with E-state index < -0.39 is 0 Å². The maximum absolute atomic E-state index is 11.7. The Labute approximate surface area is 110 Å². The van der Waals surface area contributed by atoms with Gasteiger partial charge in [-0.2, -0.15) is 0 Å². The molecule has 3 nitrogen and oxygen atoms in total. The highest BCUT2D eigenvalue weighted by Crippen LogP contribution is 2.16. The second-order valence-corrected chi connectivity index (χ2v) is 5.14. The quantitative estimate of drug-likeness (QED) is 0.876. The van der Waals surface area contributed by atoms with Crippen molar-refractivity contribution in [3.63, 3.8) is 0 Å². The number of amides is 1. The van der Waals surface area contributed by atoms with Gasteiger partial charge in [0.25, 0.3) is 0 Å². The van der Waals surface area contributed by atoms with E-state index in [0.717, 1.165) is 15.6 Å². The molecule has 0 aliphatic rings. The Morgan fingerprint density at radius 2 is 2.24 bits per heavy atom. The van der Waals surface area contributed by atoms with Crippen molar-refractivity contribution in [1.29, 1.82) is 0 Å². The van der Waals surface area contributed by atoms with Gasteiger partial charge in [0.05, 0.1) is 6.42 Å². The third kappa shape index (κ3) is 4.88. The molecule has 0 spiro atoms. The molecule has 0 aliphatic heterocycles. The molecule has 0 saturated heterocycles. The Kier molecular flexibility index (Phi) is 5.65. The Bertz CT molecular complexity index is 393. The first-order valence-electron chi connectivity index (χ1n) is 5.68. The average molecular weight is 300 g/mol. The summed E-state index contributed by atoms with van der Waals surface area (Å²) >= 11 is 3.39. The summed E-state index contributed by atoms with van der Waals surface area (Å²) in [5.74, 6) is -0.00336. The third-order valence-electron chi connectivity index (χ3n) is 2.63. The van der Waals surface area contributed by atoms with Crippen molar-refractivity contribution in [3.05, 3.63) is 33.8 Å². The normalized spacial score (nSPS) is 12.2. The van der Waals surface area contributed by atoms with Gasteiger partial charge in [0.15, 0.2) is 0 Å². The SMILES string of the molecule is Cc1cc(Br)ccc1CC(=O)NC(C)CCO. The van der Waals surface area contributed by atoms with Crippen molar-refractivity contribution >= 4 is 21.8 Å². The van der Waals surface area contributed by atoms with Crippen LogP contribution < -0.4 is 5.32 Å². The number of carbonyl (C=O) groups is 1. The van der Waals surface area contributed by atoms with Gasteiger partial charge < -0.3 is 10.4 Å². The molecule has 17 heavy (non-hydrogen) atoms. The van der Waals surface area contributed by atoms with E-state index in [1.807, 2.05) is 32.0 Å². The molecule has 0 heterocycles. The number of rotatable bonds is 5. The minimum Gasteiger partial charge on any atom is -0.396 e. The van der Waals surface area contributed by atoms with Gasteiger partial charge in [-0.05, 0) is 43.5 Å². The third-order valence-corrected chi connectivity index (χ3v) is 3.12. The molecule has 94 valence electrons. The fourth-order valence-corrected chi connectivity index (χ4v) is 2.10. The van der Waals surface area contributed by atoms with Gasteiger partial charge in [0.2, 0.25) is 5.91 Å². The van der Waals surface area contributed by atoms with Gasteiger partial charge in [-0.15, -0.1) is 0 Å². The Morgan fingerprint density at radius 1 is 1.53 bits per heavy atom. The molecule has 4 heteroatoms. The molecular weight excluding hydrogens is 282 g/mol. The largest absolute Gasteiger partial charge is 0.396 e. The van der Waals surface area contributed by atoms with Crippen molar-refractivity contribution in [1.82, 2.24) is 5.32 Å². The summed E-state index contributed by atoms with van der Waals surface area (Å²) in [6, 6.07) is 5.91. The van der Waals surface area contributed by atoms with E-state index in [1.54, 1.807) is 0 Å². The molecule has 0 aromatic heterocycles. The molecule has 2 N–H and O–H groups in total. The molecule has 0 radical (unpaired) electrons. The molecule has 0 aliphatic carbocycles. The lowest BCUT2D eigenvalue weighted by atomic mass is 10.1. The molecule has 0 saturated carbocycles. The van der Waals surface area contributed by atoms with Crippen LogP contribution in [-0.2, 0) is 11.2 Å². The summed E-state index contributed by atoms with van der Waals surface area (Å²) < 4.78 is 1.02. The Morgan fingerprint density at radius 3 is 2.82 bits per heavy atom. The van der Waals surface area contributed by atoms with E-state index in [1.165, 1.54) is 0 Å². The van der Waals surface area contributed by atoms with Crippen LogP contribution >= 0.6 is 15.9 Å². The molecule has 1 aromatic rings. The van der Waals surface area contributed by atoms with Crippen LogP contribution in [0.1, 0.15) is 24.5 Å². The van der Waals surface area contributed by atoms with Crippen LogP contribution in [0.25, 0.3) is 0 Å². The predicted molar refractivity (Wildman–Crippen MR) is 71.9 cm³/mol. The minimum atomic E-state index is -0.00336. The molecule has 1 rings (SSSR count). The Hall–Kier alpha value is -0.870. The summed E-state index contributed by atoms with van der Waals surface area (Å²) in [6.07, 6.45) is 0.972. The summed E-state index contributed by atoms with van der Waals surface area (Å²) in [5.41, 5.74) is 2.13. The summed E-state index contributed by atoms with van der Waals surface area (Å²) in [4.78, 5) is 11.7. The van der Waals surface area contributed by atoms with Crippen molar-refractivity contribution < 1.29 is 9.90 Å². The van der Waals surface area contributed by atoms with Gasteiger partial charge >= 0.3 is 0 Å². The zero-order valence-electron chi connectivity index (χ0n) is 10.2. The number of nitrogens with one attached hydrogen (secondary N) is 1. The number of aliphatic hydroxyl groups excluding tert-OH is 1. The Balaban J connectivity index is 2.56. The lowest BCUT2D eigenvalue weighted by molar-refractivity contribution is -0.121. The van der Waals surface area contributed by atoms with Crippen molar-refractivity contribution in [2.45, 2.75) is 32.7 Å². The number of aryl methyl sites for hydroxylation is 1. The number of hydrogen-bond donors (Lipinski definition) is 2. The lowest BCUT2D eigenvalue weighted by Gasteiger charge is -2.13. The molecule has 1 amide bonds. The van der Waals surface area contributed by atoms with Crippen molar-refractivity contribution in [2.75, 3.05) is 6.61 Å². The van der Waals surface area contributed by atoms with E-state index in [-0.39, 0.29) is 18.6 Å². The van der Waals surface area contributed by atoms with Crippen LogP contribution in [0.5, 0.6) is 0 Å². The lowest BCUT2D eigenvalue weighted by Crippen LogP contribution is -2.34. The second kappa shape index (κ2) is 6.77. The van der Waals surface area contributed by atoms with Gasteiger partial charge in [0, 0.05) is 17.1 Å². The van der Waals surface area contributed by atoms with Gasteiger partial charge in [-0.25, -0.2) is 0 Å². The number of halogens is 1. The number of carbonyl (C=O) groups excluding carboxylic acids is 1. The number of hydrogen-bond acceptors (Lipinski definition) is 2. The zero-order valence-corrected chi connectivity index (χ0v) is 11.8. The zero-order chi connectivity index (χ0) is 12.8. The van der Waals surface area contributed by atoms with Crippen molar-refractivity contribution in [3.8, 4) is 0 Å². The number of benzene rings is 1. The first-order valence-corrected chi connectivity index (χ1v) is 6.47. The standard InChI is InChI=1S/C13H18BrNO2/c1-9-7-12(14)4-3-11(9)8-13(17)15-10(2)5-6-16/h3-4,7,10,16H,5-6,8H2,1-2H3,(H,15,17). The highest BCUT2D eigenvalue weighted by Gasteiger charge is 2.09. The average Bonchev–Trinajstić information content (AvgIpc) is 2.22. The fourth-order valence-electron chi connectivity index (χ4n) is 1.62. The van der Waals surface area contributed by atoms with Crippen LogP contribution in [0.4, 0.5) is 0 Å². The molecule has 0 bridgehead atoms. The van der Waals surface area contributed by atoms with E-state index in [2.05, 4.69) is 21.2 Å². The molecule has 1 aromatic carbocycles. The van der Waals surface area contributed by atoms with E-state index in [9.17, 15) is 4.79 Å². The molecule has 1 atom stereocenters. The monoisotopic (exact) mass is 299 g/mol. The van der Waals surface area contributed by atoms with Crippen LogP contribution in [0.2, 0.25) is 0 Å². The maximum atomic E-state index is 11.7. The smallest absolute Gasteiger partial charge is 0.224 e. The van der Waals surface area contributed by atoms with Gasteiger partial charge in [-0.3, -0.25) is 4.79 Å². The molecule has 0 fully saturated rings. The number of aliphatic hydroxyl groups is 1. The van der Waals surface area contributed by atoms with E-state index >= 15 is 0 Å². The highest BCUT2D eigenvalue weighted by atomic mass is 79.9. The second-order valence-electron chi connectivity index (χ2n) is 4.23. The van der Waals surface area contributed by atoms with E-state index in [4.69, 9.17) is 5.11 Å². The summed E-state index contributed by atoms with van der Waals surface area (Å²) in [7, 11) is 0.